The van der Waals surface area contributed by atoms with Crippen molar-refractivity contribution in [2.45, 2.75) is 31.7 Å². The third-order valence-corrected chi connectivity index (χ3v) is 5.97. The Bertz CT molecular complexity index is 769. The summed E-state index contributed by atoms with van der Waals surface area (Å²) in [6.07, 6.45) is 0. The number of halogens is 1. The molecule has 4 nitrogen and oxygen atoms in total. The van der Waals surface area contributed by atoms with E-state index in [0.717, 1.165) is 21.9 Å². The largest absolute Gasteiger partial charge is 0.396 e. The maximum absolute atomic E-state index is 13.3. The number of nitrogen functional groups attached to an aromatic ring is 1. The number of rotatable bonds is 4. The van der Waals surface area contributed by atoms with Crippen molar-refractivity contribution < 1.29 is 12.8 Å². The van der Waals surface area contributed by atoms with E-state index in [0.29, 0.717) is 5.56 Å². The summed E-state index contributed by atoms with van der Waals surface area (Å²) in [6.45, 7) is 5.27. The highest BCUT2D eigenvalue weighted by Gasteiger charge is 2.22. The third-order valence-electron chi connectivity index (χ3n) is 3.10. The Morgan fingerprint density at radius 1 is 1.29 bits per heavy atom. The van der Waals surface area contributed by atoms with Gasteiger partial charge in [0.1, 0.15) is 5.82 Å². The molecule has 0 saturated heterocycles. The zero-order chi connectivity index (χ0) is 15.8. The van der Waals surface area contributed by atoms with Crippen LogP contribution in [0.1, 0.15) is 28.3 Å². The molecule has 0 bridgehead atoms. The molecule has 114 valence electrons. The monoisotopic (exact) mass is 328 g/mol. The number of sulfonamides is 1. The molecule has 0 saturated carbocycles. The van der Waals surface area contributed by atoms with Crippen molar-refractivity contribution in [3.8, 4) is 0 Å². The summed E-state index contributed by atoms with van der Waals surface area (Å²) < 4.78 is 40.8. The fourth-order valence-electron chi connectivity index (χ4n) is 2.00. The standard InChI is InChI=1S/C14H17FN2O2S2/c1-8-6-11(15)12(16)7-14(8)21(18,19)17-10(3)13-5-4-9(2)20-13/h4-7,10,17H,16H2,1-3H3. The first-order valence-corrected chi connectivity index (χ1v) is 8.65. The fourth-order valence-corrected chi connectivity index (χ4v) is 4.44. The molecule has 0 aliphatic rings. The number of thiophene rings is 1. The molecule has 1 atom stereocenters. The van der Waals surface area contributed by atoms with Gasteiger partial charge in [0.2, 0.25) is 10.0 Å². The zero-order valence-electron chi connectivity index (χ0n) is 12.0. The average Bonchev–Trinajstić information content (AvgIpc) is 2.80. The number of hydrogen-bond donors (Lipinski definition) is 2. The van der Waals surface area contributed by atoms with Gasteiger partial charge in [0.25, 0.3) is 0 Å². The molecule has 0 fully saturated rings. The number of aryl methyl sites for hydroxylation is 2. The van der Waals surface area contributed by atoms with Crippen LogP contribution in [0.3, 0.4) is 0 Å². The SMILES string of the molecule is Cc1ccc(C(C)NS(=O)(=O)c2cc(N)c(F)cc2C)s1. The van der Waals surface area contributed by atoms with E-state index in [-0.39, 0.29) is 16.6 Å². The zero-order valence-corrected chi connectivity index (χ0v) is 13.6. The van der Waals surface area contributed by atoms with Gasteiger partial charge in [-0.15, -0.1) is 11.3 Å². The van der Waals surface area contributed by atoms with Gasteiger partial charge in [-0.1, -0.05) is 0 Å². The summed E-state index contributed by atoms with van der Waals surface area (Å²) >= 11 is 1.53. The molecule has 1 aromatic heterocycles. The van der Waals surface area contributed by atoms with E-state index in [2.05, 4.69) is 4.72 Å². The lowest BCUT2D eigenvalue weighted by molar-refractivity contribution is 0.567. The Hall–Kier alpha value is -1.44. The normalized spacial score (nSPS) is 13.3. The van der Waals surface area contributed by atoms with Gasteiger partial charge in [-0.3, -0.25) is 0 Å². The molecule has 2 aromatic rings. The van der Waals surface area contributed by atoms with E-state index in [4.69, 9.17) is 5.73 Å². The fraction of sp³-hybridized carbons (Fsp3) is 0.286. The van der Waals surface area contributed by atoms with Crippen LogP contribution < -0.4 is 10.5 Å². The van der Waals surface area contributed by atoms with Crippen molar-refractivity contribution >= 4 is 27.0 Å². The summed E-state index contributed by atoms with van der Waals surface area (Å²) in [5, 5.41) is 0. The van der Waals surface area contributed by atoms with E-state index >= 15 is 0 Å². The summed E-state index contributed by atoms with van der Waals surface area (Å²) in [5.74, 6) is -0.617. The summed E-state index contributed by atoms with van der Waals surface area (Å²) in [5.41, 5.74) is 5.61. The van der Waals surface area contributed by atoms with Crippen LogP contribution >= 0.6 is 11.3 Å². The van der Waals surface area contributed by atoms with Gasteiger partial charge in [0, 0.05) is 9.75 Å². The summed E-state index contributed by atoms with van der Waals surface area (Å²) in [7, 11) is -3.76. The molecule has 7 heteroatoms. The van der Waals surface area contributed by atoms with Crippen molar-refractivity contribution in [1.29, 1.82) is 0 Å². The van der Waals surface area contributed by atoms with Crippen LogP contribution in [0.25, 0.3) is 0 Å². The van der Waals surface area contributed by atoms with Crippen LogP contribution in [0.2, 0.25) is 0 Å². The van der Waals surface area contributed by atoms with Gasteiger partial charge in [0.15, 0.2) is 0 Å². The first-order valence-electron chi connectivity index (χ1n) is 6.35. The molecule has 0 spiro atoms. The molecule has 21 heavy (non-hydrogen) atoms. The van der Waals surface area contributed by atoms with Crippen molar-refractivity contribution in [3.63, 3.8) is 0 Å². The maximum atomic E-state index is 13.3. The lowest BCUT2D eigenvalue weighted by Gasteiger charge is -2.15. The topological polar surface area (TPSA) is 72.2 Å². The van der Waals surface area contributed by atoms with Crippen molar-refractivity contribution in [1.82, 2.24) is 4.72 Å². The number of anilines is 1. The van der Waals surface area contributed by atoms with Gasteiger partial charge >= 0.3 is 0 Å². The van der Waals surface area contributed by atoms with Gasteiger partial charge < -0.3 is 5.73 Å². The van der Waals surface area contributed by atoms with Crippen LogP contribution in [-0.4, -0.2) is 8.42 Å². The molecule has 1 aromatic carbocycles. The molecule has 0 radical (unpaired) electrons. The quantitative estimate of drug-likeness (QED) is 0.847. The van der Waals surface area contributed by atoms with E-state index in [1.54, 1.807) is 6.92 Å². The second kappa shape index (κ2) is 5.75. The van der Waals surface area contributed by atoms with Crippen LogP contribution in [0.5, 0.6) is 0 Å². The lowest BCUT2D eigenvalue weighted by Crippen LogP contribution is -2.27. The molecule has 1 unspecified atom stereocenters. The van der Waals surface area contributed by atoms with Crippen molar-refractivity contribution in [3.05, 3.63) is 45.4 Å². The van der Waals surface area contributed by atoms with Crippen LogP contribution in [0.15, 0.2) is 29.2 Å². The summed E-state index contributed by atoms with van der Waals surface area (Å²) in [4.78, 5) is 2.03. The van der Waals surface area contributed by atoms with Gasteiger partial charge in [-0.05, 0) is 50.6 Å². The Kier molecular flexibility index (Phi) is 4.36. The smallest absolute Gasteiger partial charge is 0.241 e. The minimum Gasteiger partial charge on any atom is -0.396 e. The Balaban J connectivity index is 2.32. The number of nitrogens with one attached hydrogen (secondary N) is 1. The lowest BCUT2D eigenvalue weighted by atomic mass is 10.2. The van der Waals surface area contributed by atoms with E-state index in [9.17, 15) is 12.8 Å². The van der Waals surface area contributed by atoms with Gasteiger partial charge in [-0.25, -0.2) is 17.5 Å². The highest BCUT2D eigenvalue weighted by atomic mass is 32.2. The molecule has 3 N–H and O–H groups in total. The molecule has 0 amide bonds. The molecule has 0 aliphatic heterocycles. The molecule has 0 aliphatic carbocycles. The number of benzene rings is 1. The predicted molar refractivity (Wildman–Crippen MR) is 83.3 cm³/mol. The second-order valence-corrected chi connectivity index (χ2v) is 7.93. The van der Waals surface area contributed by atoms with Crippen LogP contribution in [0, 0.1) is 19.7 Å². The Morgan fingerprint density at radius 2 is 1.95 bits per heavy atom. The van der Waals surface area contributed by atoms with E-state index in [1.807, 2.05) is 19.1 Å². The molecule has 1 heterocycles. The van der Waals surface area contributed by atoms with Crippen LogP contribution in [0.4, 0.5) is 10.1 Å². The highest BCUT2D eigenvalue weighted by molar-refractivity contribution is 7.89. The average molecular weight is 328 g/mol. The predicted octanol–water partition coefficient (Wildman–Crippen LogP) is 3.13. The van der Waals surface area contributed by atoms with Gasteiger partial charge in [0.05, 0.1) is 16.6 Å². The van der Waals surface area contributed by atoms with Crippen LogP contribution in [-0.2, 0) is 10.0 Å². The first-order chi connectivity index (χ1) is 9.70. The van der Waals surface area contributed by atoms with Crippen molar-refractivity contribution in [2.24, 2.45) is 0 Å². The minimum atomic E-state index is -3.76. The molecular weight excluding hydrogens is 311 g/mol. The van der Waals surface area contributed by atoms with Gasteiger partial charge in [-0.2, -0.15) is 0 Å². The highest BCUT2D eigenvalue weighted by Crippen LogP contribution is 2.26. The van der Waals surface area contributed by atoms with Crippen molar-refractivity contribution in [2.75, 3.05) is 5.73 Å². The van der Waals surface area contributed by atoms with E-state index in [1.165, 1.54) is 18.3 Å². The first kappa shape index (κ1) is 15.9. The summed E-state index contributed by atoms with van der Waals surface area (Å²) in [6, 6.07) is 5.74. The number of nitrogens with two attached hydrogens (primary N) is 1. The van der Waals surface area contributed by atoms with E-state index < -0.39 is 15.8 Å². The number of hydrogen-bond acceptors (Lipinski definition) is 4. The minimum absolute atomic E-state index is 0.00141. The second-order valence-electron chi connectivity index (χ2n) is 4.93. The molecule has 2 rings (SSSR count). The third kappa shape index (κ3) is 3.42. The molecular formula is C14H17FN2O2S2. The Labute approximate surface area is 127 Å². The Morgan fingerprint density at radius 3 is 2.52 bits per heavy atom. The maximum Gasteiger partial charge on any atom is 0.241 e.